The van der Waals surface area contributed by atoms with E-state index < -0.39 is 6.09 Å². The number of piperazine rings is 1. The van der Waals surface area contributed by atoms with E-state index in [1.54, 1.807) is 0 Å². The van der Waals surface area contributed by atoms with Gasteiger partial charge in [0.15, 0.2) is 0 Å². The number of likely N-dealkylation sites (N-methyl/N-ethyl adjacent to an activating group) is 1. The molecule has 0 aromatic heterocycles. The summed E-state index contributed by atoms with van der Waals surface area (Å²) >= 11 is 5.71. The number of carbonyl (C=O) groups excluding carboxylic acids is 1. The summed E-state index contributed by atoms with van der Waals surface area (Å²) < 4.78 is 0. The number of nitrogens with one attached hydrogen (secondary N) is 1. The van der Waals surface area contributed by atoms with E-state index in [1.807, 2.05) is 19.0 Å². The molecule has 17 heavy (non-hydrogen) atoms. The number of hydrogen-bond donors (Lipinski definition) is 1. The Morgan fingerprint density at radius 3 is 2.65 bits per heavy atom. The Hall–Kier alpha value is -0.850. The van der Waals surface area contributed by atoms with Crippen LogP contribution in [0, 0.1) is 0 Å². The number of hydrazine groups is 1. The Morgan fingerprint density at radius 1 is 1.41 bits per heavy atom. The van der Waals surface area contributed by atoms with Gasteiger partial charge < -0.3 is 4.90 Å². The molecule has 0 spiro atoms. The first kappa shape index (κ1) is 14.2. The summed E-state index contributed by atoms with van der Waals surface area (Å²) in [4.78, 5) is 18.2. The lowest BCUT2D eigenvalue weighted by Gasteiger charge is -2.31. The molecule has 1 N–H and O–H groups in total. The van der Waals surface area contributed by atoms with E-state index in [0.29, 0.717) is 11.6 Å². The second kappa shape index (κ2) is 7.47. The van der Waals surface area contributed by atoms with Crippen LogP contribution in [-0.2, 0) is 4.84 Å². The van der Waals surface area contributed by atoms with Crippen molar-refractivity contribution in [2.45, 2.75) is 19.8 Å². The molecular formula is C10H19ClN4O2. The van der Waals surface area contributed by atoms with Crippen molar-refractivity contribution in [2.75, 3.05) is 33.2 Å². The van der Waals surface area contributed by atoms with Crippen molar-refractivity contribution in [1.82, 2.24) is 15.3 Å². The number of oxime groups is 1. The van der Waals surface area contributed by atoms with Crippen molar-refractivity contribution in [1.29, 1.82) is 0 Å². The molecule has 6 nitrogen and oxygen atoms in total. The van der Waals surface area contributed by atoms with Crippen molar-refractivity contribution < 1.29 is 9.63 Å². The summed E-state index contributed by atoms with van der Waals surface area (Å²) in [5, 5.41) is 5.64. The van der Waals surface area contributed by atoms with Crippen LogP contribution in [-0.4, -0.2) is 54.4 Å². The molecule has 1 heterocycles. The summed E-state index contributed by atoms with van der Waals surface area (Å²) in [5.41, 5.74) is 2.62. The molecule has 1 saturated heterocycles. The van der Waals surface area contributed by atoms with E-state index >= 15 is 0 Å². The Balaban J connectivity index is 2.23. The van der Waals surface area contributed by atoms with Gasteiger partial charge in [-0.25, -0.2) is 9.80 Å². The molecule has 1 aliphatic heterocycles. The molecule has 1 fully saturated rings. The topological polar surface area (TPSA) is 57.2 Å². The molecule has 1 amide bonds. The van der Waals surface area contributed by atoms with E-state index in [2.05, 4.69) is 20.3 Å². The fraction of sp³-hybridized carbons (Fsp3) is 0.800. The maximum Gasteiger partial charge on any atom is 0.448 e. The second-order valence-corrected chi connectivity index (χ2v) is 4.43. The van der Waals surface area contributed by atoms with Gasteiger partial charge in [-0.3, -0.25) is 10.3 Å². The first-order valence-electron chi connectivity index (χ1n) is 5.75. The monoisotopic (exact) mass is 262 g/mol. The van der Waals surface area contributed by atoms with Crippen molar-refractivity contribution in [3.8, 4) is 0 Å². The van der Waals surface area contributed by atoms with Gasteiger partial charge in [0.05, 0.1) is 0 Å². The minimum Gasteiger partial charge on any atom is -0.304 e. The normalized spacial score (nSPS) is 19.1. The molecule has 98 valence electrons. The van der Waals surface area contributed by atoms with Crippen LogP contribution in [0.15, 0.2) is 5.16 Å². The minimum atomic E-state index is -0.594. The van der Waals surface area contributed by atoms with Crippen LogP contribution in [0.4, 0.5) is 4.79 Å². The predicted octanol–water partition coefficient (Wildman–Crippen LogP) is 1.23. The molecule has 0 aromatic rings. The largest absolute Gasteiger partial charge is 0.448 e. The third kappa shape index (κ3) is 5.86. The van der Waals surface area contributed by atoms with Gasteiger partial charge in [-0.05, 0) is 13.5 Å². The molecule has 0 saturated carbocycles. The summed E-state index contributed by atoms with van der Waals surface area (Å²) in [6.45, 7) is 5.36. The molecule has 1 aliphatic rings. The molecular weight excluding hydrogens is 244 g/mol. The summed E-state index contributed by atoms with van der Waals surface area (Å²) in [6.07, 6.45) is 0.888. The molecule has 0 aromatic carbocycles. The summed E-state index contributed by atoms with van der Waals surface area (Å²) in [6, 6.07) is 0. The average Bonchev–Trinajstić information content (AvgIpc) is 2.30. The fourth-order valence-electron chi connectivity index (χ4n) is 1.41. The lowest BCUT2D eigenvalue weighted by molar-refractivity contribution is 0.0781. The highest BCUT2D eigenvalue weighted by atomic mass is 35.5. The van der Waals surface area contributed by atoms with Crippen LogP contribution in [0.3, 0.4) is 0 Å². The standard InChI is InChI=1S/C10H19ClN4O2/c1-3-4-9(11)13-17-10(16)12-15-7-5-14(2)6-8-15/h3-8H2,1-2H3,(H,12,16). The number of hydrogen-bond acceptors (Lipinski definition) is 5. The highest BCUT2D eigenvalue weighted by molar-refractivity contribution is 6.65. The molecule has 0 unspecified atom stereocenters. The minimum absolute atomic E-state index is 0.307. The van der Waals surface area contributed by atoms with Crippen LogP contribution >= 0.6 is 11.6 Å². The van der Waals surface area contributed by atoms with Crippen LogP contribution in [0.1, 0.15) is 19.8 Å². The van der Waals surface area contributed by atoms with Gasteiger partial charge in [0.2, 0.25) is 0 Å². The quantitative estimate of drug-likeness (QED) is 0.470. The van der Waals surface area contributed by atoms with E-state index in [9.17, 15) is 4.79 Å². The van der Waals surface area contributed by atoms with E-state index in [4.69, 9.17) is 11.6 Å². The number of nitrogens with zero attached hydrogens (tertiary/aromatic N) is 3. The van der Waals surface area contributed by atoms with Gasteiger partial charge >= 0.3 is 6.09 Å². The molecule has 0 radical (unpaired) electrons. The first-order valence-corrected chi connectivity index (χ1v) is 6.13. The molecule has 0 bridgehead atoms. The lowest BCUT2D eigenvalue weighted by atomic mass is 10.4. The van der Waals surface area contributed by atoms with Crippen LogP contribution in [0.2, 0.25) is 0 Å². The van der Waals surface area contributed by atoms with Crippen molar-refractivity contribution >= 4 is 22.9 Å². The van der Waals surface area contributed by atoms with Gasteiger partial charge in [0.25, 0.3) is 0 Å². The maximum absolute atomic E-state index is 11.3. The van der Waals surface area contributed by atoms with Gasteiger partial charge in [-0.2, -0.15) is 0 Å². The van der Waals surface area contributed by atoms with E-state index in [-0.39, 0.29) is 0 Å². The van der Waals surface area contributed by atoms with Crippen molar-refractivity contribution in [3.05, 3.63) is 0 Å². The fourth-order valence-corrected chi connectivity index (χ4v) is 1.63. The number of carbonyl (C=O) groups is 1. The Bertz CT molecular complexity index is 277. The average molecular weight is 263 g/mol. The Labute approximate surface area is 106 Å². The van der Waals surface area contributed by atoms with Crippen LogP contribution < -0.4 is 5.43 Å². The lowest BCUT2D eigenvalue weighted by Crippen LogP contribution is -2.52. The van der Waals surface area contributed by atoms with Crippen molar-refractivity contribution in [2.24, 2.45) is 5.16 Å². The SMILES string of the molecule is CCCC(Cl)=NOC(=O)NN1CCN(C)CC1. The molecule has 1 rings (SSSR count). The number of amides is 1. The van der Waals surface area contributed by atoms with Crippen LogP contribution in [0.5, 0.6) is 0 Å². The van der Waals surface area contributed by atoms with E-state index in [0.717, 1.165) is 32.6 Å². The smallest absolute Gasteiger partial charge is 0.304 e. The zero-order valence-corrected chi connectivity index (χ0v) is 11.0. The van der Waals surface area contributed by atoms with Crippen molar-refractivity contribution in [3.63, 3.8) is 0 Å². The zero-order valence-electron chi connectivity index (χ0n) is 10.3. The first-order chi connectivity index (χ1) is 8.11. The zero-order chi connectivity index (χ0) is 12.7. The van der Waals surface area contributed by atoms with Gasteiger partial charge in [-0.1, -0.05) is 23.7 Å². The predicted molar refractivity (Wildman–Crippen MR) is 66.9 cm³/mol. The Kier molecular flexibility index (Phi) is 6.25. The van der Waals surface area contributed by atoms with Crippen LogP contribution in [0.25, 0.3) is 0 Å². The Morgan fingerprint density at radius 2 is 2.06 bits per heavy atom. The van der Waals surface area contributed by atoms with Gasteiger partial charge in [0, 0.05) is 32.6 Å². The highest BCUT2D eigenvalue weighted by Gasteiger charge is 2.16. The summed E-state index contributed by atoms with van der Waals surface area (Å²) in [7, 11) is 2.05. The van der Waals surface area contributed by atoms with E-state index in [1.165, 1.54) is 0 Å². The van der Waals surface area contributed by atoms with Gasteiger partial charge in [0.1, 0.15) is 5.17 Å². The maximum atomic E-state index is 11.3. The second-order valence-electron chi connectivity index (χ2n) is 4.00. The number of rotatable bonds is 4. The van der Waals surface area contributed by atoms with Gasteiger partial charge in [-0.15, -0.1) is 0 Å². The number of halogens is 1. The third-order valence-corrected chi connectivity index (χ3v) is 2.69. The summed E-state index contributed by atoms with van der Waals surface area (Å²) in [5.74, 6) is 0. The molecule has 0 aliphatic carbocycles. The molecule has 0 atom stereocenters. The third-order valence-electron chi connectivity index (χ3n) is 2.44. The highest BCUT2D eigenvalue weighted by Crippen LogP contribution is 1.99. The molecule has 7 heteroatoms.